The first-order chi connectivity index (χ1) is 11.3. The lowest BCUT2D eigenvalue weighted by atomic mass is 10.0. The smallest absolute Gasteiger partial charge is 0.193 e. The van der Waals surface area contributed by atoms with Gasteiger partial charge in [-0.05, 0) is 42.0 Å². The van der Waals surface area contributed by atoms with Crippen LogP contribution in [-0.2, 0) is 0 Å². The molecule has 112 valence electrons. The number of anilines is 2. The highest BCUT2D eigenvalue weighted by atomic mass is 16.1. The van der Waals surface area contributed by atoms with Crippen LogP contribution in [0.1, 0.15) is 21.5 Å². The first kappa shape index (κ1) is 14.8. The topological polar surface area (TPSA) is 29.1 Å². The first-order valence-electron chi connectivity index (χ1n) is 7.45. The number of ketones is 1. The Morgan fingerprint density at radius 1 is 0.739 bits per heavy atom. The van der Waals surface area contributed by atoms with Crippen LogP contribution in [0.25, 0.3) is 6.08 Å². The third kappa shape index (κ3) is 3.55. The van der Waals surface area contributed by atoms with Gasteiger partial charge in [-0.1, -0.05) is 55.1 Å². The maximum atomic E-state index is 12.4. The molecule has 0 aliphatic heterocycles. The van der Waals surface area contributed by atoms with Gasteiger partial charge in [-0.15, -0.1) is 0 Å². The van der Waals surface area contributed by atoms with E-state index in [4.69, 9.17) is 0 Å². The van der Waals surface area contributed by atoms with Crippen molar-refractivity contribution in [2.24, 2.45) is 0 Å². The molecule has 0 saturated carbocycles. The highest BCUT2D eigenvalue weighted by Gasteiger charge is 2.07. The van der Waals surface area contributed by atoms with Crippen molar-refractivity contribution in [3.63, 3.8) is 0 Å². The zero-order valence-electron chi connectivity index (χ0n) is 12.7. The molecule has 3 rings (SSSR count). The van der Waals surface area contributed by atoms with Gasteiger partial charge in [0.2, 0.25) is 0 Å². The van der Waals surface area contributed by atoms with Crippen LogP contribution < -0.4 is 5.32 Å². The van der Waals surface area contributed by atoms with Crippen LogP contribution in [0.5, 0.6) is 0 Å². The standard InChI is InChI=1S/C21H17NO/c1-2-16-8-12-19(13-9-16)22-20-14-10-18(11-15-20)21(23)17-6-4-3-5-7-17/h2-15,22H,1H2. The van der Waals surface area contributed by atoms with Crippen molar-refractivity contribution in [2.75, 3.05) is 5.32 Å². The third-order valence-corrected chi connectivity index (χ3v) is 3.62. The van der Waals surface area contributed by atoms with Crippen LogP contribution in [-0.4, -0.2) is 5.78 Å². The lowest BCUT2D eigenvalue weighted by molar-refractivity contribution is 0.103. The number of nitrogens with one attached hydrogen (secondary N) is 1. The van der Waals surface area contributed by atoms with E-state index in [-0.39, 0.29) is 5.78 Å². The van der Waals surface area contributed by atoms with E-state index >= 15 is 0 Å². The SMILES string of the molecule is C=Cc1ccc(Nc2ccc(C(=O)c3ccccc3)cc2)cc1. The first-order valence-corrected chi connectivity index (χ1v) is 7.45. The van der Waals surface area contributed by atoms with Crippen molar-refractivity contribution in [2.45, 2.75) is 0 Å². The zero-order valence-corrected chi connectivity index (χ0v) is 12.7. The molecule has 0 aliphatic rings. The molecular weight excluding hydrogens is 282 g/mol. The summed E-state index contributed by atoms with van der Waals surface area (Å²) in [6, 6.07) is 24.8. The Morgan fingerprint density at radius 2 is 1.26 bits per heavy atom. The molecule has 0 fully saturated rings. The summed E-state index contributed by atoms with van der Waals surface area (Å²) >= 11 is 0. The van der Waals surface area contributed by atoms with Gasteiger partial charge in [0.25, 0.3) is 0 Å². The Hall–Kier alpha value is -3.13. The fourth-order valence-corrected chi connectivity index (χ4v) is 2.33. The lowest BCUT2D eigenvalue weighted by Crippen LogP contribution is -2.01. The monoisotopic (exact) mass is 299 g/mol. The molecule has 0 bridgehead atoms. The van der Waals surface area contributed by atoms with E-state index in [1.807, 2.05) is 84.9 Å². The van der Waals surface area contributed by atoms with Crippen molar-refractivity contribution < 1.29 is 4.79 Å². The fourth-order valence-electron chi connectivity index (χ4n) is 2.33. The molecule has 0 heterocycles. The fraction of sp³-hybridized carbons (Fsp3) is 0. The predicted octanol–water partition coefficient (Wildman–Crippen LogP) is 5.30. The average molecular weight is 299 g/mol. The van der Waals surface area contributed by atoms with Crippen LogP contribution in [0, 0.1) is 0 Å². The summed E-state index contributed by atoms with van der Waals surface area (Å²) in [4.78, 5) is 12.4. The largest absolute Gasteiger partial charge is 0.356 e. The normalized spacial score (nSPS) is 10.1. The van der Waals surface area contributed by atoms with Crippen molar-refractivity contribution in [1.82, 2.24) is 0 Å². The van der Waals surface area contributed by atoms with Gasteiger partial charge < -0.3 is 5.32 Å². The quantitative estimate of drug-likeness (QED) is 0.647. The minimum atomic E-state index is 0.0347. The number of benzene rings is 3. The predicted molar refractivity (Wildman–Crippen MR) is 96.1 cm³/mol. The number of carbonyl (C=O) groups is 1. The van der Waals surface area contributed by atoms with Gasteiger partial charge in [0.05, 0.1) is 0 Å². The Morgan fingerprint density at radius 3 is 1.83 bits per heavy atom. The van der Waals surface area contributed by atoms with Gasteiger partial charge in [-0.2, -0.15) is 0 Å². The molecule has 0 atom stereocenters. The summed E-state index contributed by atoms with van der Waals surface area (Å²) < 4.78 is 0. The molecule has 0 aromatic heterocycles. The molecule has 3 aromatic rings. The molecule has 3 aromatic carbocycles. The van der Waals surface area contributed by atoms with Crippen LogP contribution in [0.15, 0.2) is 85.4 Å². The van der Waals surface area contributed by atoms with Crippen molar-refractivity contribution in [3.05, 3.63) is 102 Å². The molecule has 0 unspecified atom stereocenters. The van der Waals surface area contributed by atoms with Gasteiger partial charge >= 0.3 is 0 Å². The third-order valence-electron chi connectivity index (χ3n) is 3.62. The van der Waals surface area contributed by atoms with Gasteiger partial charge in [0, 0.05) is 22.5 Å². The van der Waals surface area contributed by atoms with Gasteiger partial charge in [-0.3, -0.25) is 4.79 Å². The van der Waals surface area contributed by atoms with E-state index in [1.165, 1.54) is 0 Å². The van der Waals surface area contributed by atoms with E-state index in [2.05, 4.69) is 11.9 Å². The van der Waals surface area contributed by atoms with Crippen molar-refractivity contribution in [1.29, 1.82) is 0 Å². The summed E-state index contributed by atoms with van der Waals surface area (Å²) in [6.45, 7) is 3.74. The molecule has 0 aliphatic carbocycles. The van der Waals surface area contributed by atoms with E-state index < -0.39 is 0 Å². The Balaban J connectivity index is 1.74. The Kier molecular flexibility index (Phi) is 4.34. The van der Waals surface area contributed by atoms with E-state index in [0.29, 0.717) is 11.1 Å². The second kappa shape index (κ2) is 6.75. The van der Waals surface area contributed by atoms with Crippen molar-refractivity contribution >= 4 is 23.2 Å². The summed E-state index contributed by atoms with van der Waals surface area (Å²) in [6.07, 6.45) is 1.81. The molecule has 0 amide bonds. The van der Waals surface area contributed by atoms with Crippen molar-refractivity contribution in [3.8, 4) is 0 Å². The second-order valence-electron chi connectivity index (χ2n) is 5.22. The van der Waals surface area contributed by atoms with E-state index in [1.54, 1.807) is 0 Å². The van der Waals surface area contributed by atoms with E-state index in [0.717, 1.165) is 16.9 Å². The average Bonchev–Trinajstić information content (AvgIpc) is 2.63. The molecule has 1 N–H and O–H groups in total. The zero-order chi connectivity index (χ0) is 16.1. The van der Waals surface area contributed by atoms with Crippen LogP contribution in [0.3, 0.4) is 0 Å². The molecule has 2 heteroatoms. The number of hydrogen-bond donors (Lipinski definition) is 1. The minimum absolute atomic E-state index is 0.0347. The molecule has 0 radical (unpaired) electrons. The summed E-state index contributed by atoms with van der Waals surface area (Å²) in [5.41, 5.74) is 4.41. The van der Waals surface area contributed by atoms with Crippen LogP contribution in [0.2, 0.25) is 0 Å². The van der Waals surface area contributed by atoms with Gasteiger partial charge in [0.1, 0.15) is 0 Å². The molecular formula is C21H17NO. The van der Waals surface area contributed by atoms with Crippen LogP contribution in [0.4, 0.5) is 11.4 Å². The second-order valence-corrected chi connectivity index (χ2v) is 5.22. The number of carbonyl (C=O) groups excluding carboxylic acids is 1. The van der Waals surface area contributed by atoms with Crippen LogP contribution >= 0.6 is 0 Å². The lowest BCUT2D eigenvalue weighted by Gasteiger charge is -2.08. The highest BCUT2D eigenvalue weighted by molar-refractivity contribution is 6.09. The van der Waals surface area contributed by atoms with E-state index in [9.17, 15) is 4.79 Å². The minimum Gasteiger partial charge on any atom is -0.356 e. The molecule has 2 nitrogen and oxygen atoms in total. The summed E-state index contributed by atoms with van der Waals surface area (Å²) in [5, 5.41) is 3.32. The van der Waals surface area contributed by atoms with Gasteiger partial charge in [-0.25, -0.2) is 0 Å². The maximum absolute atomic E-state index is 12.4. The number of hydrogen-bond acceptors (Lipinski definition) is 2. The molecule has 0 spiro atoms. The Bertz CT molecular complexity index is 803. The molecule has 0 saturated heterocycles. The Labute approximate surface area is 136 Å². The summed E-state index contributed by atoms with van der Waals surface area (Å²) in [7, 11) is 0. The molecule has 23 heavy (non-hydrogen) atoms. The van der Waals surface area contributed by atoms with Gasteiger partial charge in [0.15, 0.2) is 5.78 Å². The maximum Gasteiger partial charge on any atom is 0.193 e. The summed E-state index contributed by atoms with van der Waals surface area (Å²) in [5.74, 6) is 0.0347. The highest BCUT2D eigenvalue weighted by Crippen LogP contribution is 2.19. The number of rotatable bonds is 5.